The minimum atomic E-state index is -0.490. The van der Waals surface area contributed by atoms with Gasteiger partial charge in [0.1, 0.15) is 11.7 Å². The number of amides is 2. The Morgan fingerprint density at radius 3 is 2.54 bits per heavy atom. The molecule has 3 aromatic rings. The van der Waals surface area contributed by atoms with Crippen LogP contribution in [0, 0.1) is 0 Å². The Morgan fingerprint density at radius 2 is 1.77 bits per heavy atom. The van der Waals surface area contributed by atoms with Crippen LogP contribution in [0.4, 0.5) is 5.69 Å². The van der Waals surface area contributed by atoms with Crippen LogP contribution in [0.1, 0.15) is 16.9 Å². The molecule has 130 valence electrons. The average molecular weight is 346 g/mol. The molecule has 0 saturated carbocycles. The van der Waals surface area contributed by atoms with Gasteiger partial charge in [-0.3, -0.25) is 14.6 Å². The smallest absolute Gasteiger partial charge is 0.274 e. The highest BCUT2D eigenvalue weighted by atomic mass is 16.2. The van der Waals surface area contributed by atoms with E-state index in [9.17, 15) is 9.59 Å². The Balaban J connectivity index is 1.56. The number of hydrogen-bond acceptors (Lipinski definition) is 4. The van der Waals surface area contributed by atoms with Crippen LogP contribution in [0.2, 0.25) is 0 Å². The van der Waals surface area contributed by atoms with Crippen molar-refractivity contribution < 1.29 is 9.59 Å². The lowest BCUT2D eigenvalue weighted by Crippen LogP contribution is -2.43. The number of benzene rings is 2. The Morgan fingerprint density at radius 1 is 1.08 bits per heavy atom. The normalized spacial score (nSPS) is 16.9. The molecule has 0 unspecified atom stereocenters. The van der Waals surface area contributed by atoms with Crippen LogP contribution in [0.15, 0.2) is 60.8 Å². The van der Waals surface area contributed by atoms with Crippen LogP contribution in [0.3, 0.4) is 0 Å². The van der Waals surface area contributed by atoms with Gasteiger partial charge in [-0.1, -0.05) is 30.3 Å². The summed E-state index contributed by atoms with van der Waals surface area (Å²) in [5, 5.41) is 0. The van der Waals surface area contributed by atoms with Crippen molar-refractivity contribution in [1.82, 2.24) is 14.9 Å². The summed E-state index contributed by atoms with van der Waals surface area (Å²) >= 11 is 0. The molecule has 1 fully saturated rings. The van der Waals surface area contributed by atoms with Gasteiger partial charge < -0.3 is 9.80 Å². The van der Waals surface area contributed by atoms with Crippen molar-refractivity contribution in [2.45, 2.75) is 12.5 Å². The molecular weight excluding hydrogens is 328 g/mol. The number of fused-ring (bicyclic) bond motifs is 1. The molecule has 6 nitrogen and oxygen atoms in total. The van der Waals surface area contributed by atoms with Crippen molar-refractivity contribution >= 4 is 28.5 Å². The summed E-state index contributed by atoms with van der Waals surface area (Å²) in [6, 6.07) is 16.4. The van der Waals surface area contributed by atoms with Gasteiger partial charge in [-0.05, 0) is 30.7 Å². The number of rotatable bonds is 3. The van der Waals surface area contributed by atoms with Gasteiger partial charge in [-0.15, -0.1) is 0 Å². The highest BCUT2D eigenvalue weighted by Gasteiger charge is 2.37. The van der Waals surface area contributed by atoms with Crippen molar-refractivity contribution in [3.63, 3.8) is 0 Å². The van der Waals surface area contributed by atoms with E-state index in [0.29, 0.717) is 18.5 Å². The fourth-order valence-corrected chi connectivity index (χ4v) is 3.27. The van der Waals surface area contributed by atoms with Crippen molar-refractivity contribution in [2.75, 3.05) is 18.5 Å². The van der Waals surface area contributed by atoms with Gasteiger partial charge in [0.15, 0.2) is 0 Å². The second kappa shape index (κ2) is 6.55. The van der Waals surface area contributed by atoms with E-state index in [4.69, 9.17) is 0 Å². The van der Waals surface area contributed by atoms with E-state index in [0.717, 1.165) is 11.2 Å². The van der Waals surface area contributed by atoms with Gasteiger partial charge in [0.05, 0.1) is 17.2 Å². The molecule has 0 radical (unpaired) electrons. The predicted octanol–water partition coefficient (Wildman–Crippen LogP) is 2.51. The maximum absolute atomic E-state index is 12.8. The summed E-state index contributed by atoms with van der Waals surface area (Å²) in [5.41, 5.74) is 2.50. The van der Waals surface area contributed by atoms with Gasteiger partial charge in [0, 0.05) is 19.3 Å². The van der Waals surface area contributed by atoms with Gasteiger partial charge in [-0.2, -0.15) is 0 Å². The fraction of sp³-hybridized carbons (Fsp3) is 0.200. The summed E-state index contributed by atoms with van der Waals surface area (Å²) in [5.74, 6) is -0.364. The summed E-state index contributed by atoms with van der Waals surface area (Å²) in [6.07, 6.45) is 2.06. The minimum Gasteiger partial charge on any atom is -0.328 e. The van der Waals surface area contributed by atoms with E-state index in [1.54, 1.807) is 11.9 Å². The van der Waals surface area contributed by atoms with Crippen LogP contribution < -0.4 is 4.90 Å². The SMILES string of the molecule is CN(C(=O)c1cnc2ccccc2n1)[C@H]1CCN(c2ccccc2)C1=O. The monoisotopic (exact) mass is 346 g/mol. The highest BCUT2D eigenvalue weighted by molar-refractivity contribution is 6.03. The molecule has 1 saturated heterocycles. The zero-order valence-electron chi connectivity index (χ0n) is 14.4. The molecule has 0 spiro atoms. The number of anilines is 1. The number of nitrogens with zero attached hydrogens (tertiary/aromatic N) is 4. The van der Waals surface area contributed by atoms with Crippen molar-refractivity contribution in [1.29, 1.82) is 0 Å². The molecule has 2 amide bonds. The van der Waals surface area contributed by atoms with Crippen LogP contribution in [-0.4, -0.2) is 46.3 Å². The molecule has 26 heavy (non-hydrogen) atoms. The van der Waals surface area contributed by atoms with Crippen molar-refractivity contribution in [2.24, 2.45) is 0 Å². The first-order valence-corrected chi connectivity index (χ1v) is 8.50. The third-order valence-electron chi connectivity index (χ3n) is 4.70. The van der Waals surface area contributed by atoms with Gasteiger partial charge in [0.25, 0.3) is 5.91 Å². The van der Waals surface area contributed by atoms with E-state index in [1.807, 2.05) is 54.6 Å². The summed E-state index contributed by atoms with van der Waals surface area (Å²) in [6.45, 7) is 0.592. The van der Waals surface area contributed by atoms with E-state index in [1.165, 1.54) is 11.1 Å². The lowest BCUT2D eigenvalue weighted by molar-refractivity contribution is -0.120. The van der Waals surface area contributed by atoms with Gasteiger partial charge in [0.2, 0.25) is 5.91 Å². The van der Waals surface area contributed by atoms with Crippen LogP contribution >= 0.6 is 0 Å². The molecular formula is C20H18N4O2. The van der Waals surface area contributed by atoms with Crippen LogP contribution in [0.5, 0.6) is 0 Å². The molecule has 0 N–H and O–H groups in total. The fourth-order valence-electron chi connectivity index (χ4n) is 3.27. The molecule has 0 bridgehead atoms. The molecule has 1 aromatic heterocycles. The molecule has 4 rings (SSSR count). The molecule has 1 atom stereocenters. The molecule has 1 aliphatic rings. The Bertz CT molecular complexity index is 974. The number of para-hydroxylation sites is 3. The quantitative estimate of drug-likeness (QED) is 0.731. The number of likely N-dealkylation sites (N-methyl/N-ethyl adjacent to an activating group) is 1. The minimum absolute atomic E-state index is 0.0687. The lowest BCUT2D eigenvalue weighted by atomic mass is 10.2. The zero-order chi connectivity index (χ0) is 18.1. The van der Waals surface area contributed by atoms with Gasteiger partial charge >= 0.3 is 0 Å². The Hall–Kier alpha value is -3.28. The number of carbonyl (C=O) groups excluding carboxylic acids is 2. The predicted molar refractivity (Wildman–Crippen MR) is 98.8 cm³/mol. The molecule has 0 aliphatic carbocycles. The van der Waals surface area contributed by atoms with Crippen LogP contribution in [0.25, 0.3) is 11.0 Å². The lowest BCUT2D eigenvalue weighted by Gasteiger charge is -2.23. The standard InChI is InChI=1S/C20H18N4O2/c1-23(18-11-12-24(20(18)26)14-7-3-2-4-8-14)19(25)17-13-21-15-9-5-6-10-16(15)22-17/h2-10,13,18H,11-12H2,1H3/t18-/m0/s1. The topological polar surface area (TPSA) is 66.4 Å². The Labute approximate surface area is 151 Å². The summed E-state index contributed by atoms with van der Waals surface area (Å²) in [4.78, 5) is 37.5. The molecule has 2 heterocycles. The first kappa shape index (κ1) is 16.2. The third kappa shape index (κ3) is 2.79. The molecule has 1 aliphatic heterocycles. The average Bonchev–Trinajstić information content (AvgIpc) is 3.08. The number of carbonyl (C=O) groups is 2. The van der Waals surface area contributed by atoms with E-state index >= 15 is 0 Å². The van der Waals surface area contributed by atoms with Gasteiger partial charge in [-0.25, -0.2) is 4.98 Å². The maximum atomic E-state index is 12.8. The second-order valence-electron chi connectivity index (χ2n) is 6.29. The van der Waals surface area contributed by atoms with E-state index < -0.39 is 6.04 Å². The maximum Gasteiger partial charge on any atom is 0.274 e. The Kier molecular flexibility index (Phi) is 4.08. The van der Waals surface area contributed by atoms with E-state index in [2.05, 4.69) is 9.97 Å². The summed E-state index contributed by atoms with van der Waals surface area (Å²) < 4.78 is 0. The largest absolute Gasteiger partial charge is 0.328 e. The second-order valence-corrected chi connectivity index (χ2v) is 6.29. The highest BCUT2D eigenvalue weighted by Crippen LogP contribution is 2.24. The number of hydrogen-bond donors (Lipinski definition) is 0. The zero-order valence-corrected chi connectivity index (χ0v) is 14.4. The van der Waals surface area contributed by atoms with Crippen molar-refractivity contribution in [3.8, 4) is 0 Å². The van der Waals surface area contributed by atoms with Crippen molar-refractivity contribution in [3.05, 3.63) is 66.5 Å². The first-order valence-electron chi connectivity index (χ1n) is 8.50. The molecule has 6 heteroatoms. The molecule has 2 aromatic carbocycles. The third-order valence-corrected chi connectivity index (χ3v) is 4.70. The number of aromatic nitrogens is 2. The van der Waals surface area contributed by atoms with E-state index in [-0.39, 0.29) is 17.5 Å². The van der Waals surface area contributed by atoms with Crippen LogP contribution in [-0.2, 0) is 4.79 Å². The summed E-state index contributed by atoms with van der Waals surface area (Å²) in [7, 11) is 1.65. The first-order chi connectivity index (χ1) is 12.6.